The van der Waals surface area contributed by atoms with E-state index in [-0.39, 0.29) is 21.8 Å². The Labute approximate surface area is 189 Å². The Balaban J connectivity index is 1.81. The standard InChI is InChI=1S/C21H24N4O4S2/c1-21(2,3)11-8-9-13-15(10-11)31-19(16(13)17(22)26)24-20(30)23-18(27)12-6-4-5-7-14(12)25(28)29/h4-7,11H,8-10H2,1-3H3,(H2,22,26)(H2,23,24,27,30). The van der Waals surface area contributed by atoms with Gasteiger partial charge in [-0.05, 0) is 54.4 Å². The molecule has 164 valence electrons. The Kier molecular flexibility index (Phi) is 6.42. The number of carbonyl (C=O) groups is 2. The summed E-state index contributed by atoms with van der Waals surface area (Å²) in [4.78, 5) is 36.3. The number of fused-ring (bicyclic) bond motifs is 1. The van der Waals surface area contributed by atoms with E-state index < -0.39 is 16.7 Å². The first-order valence-corrected chi connectivity index (χ1v) is 11.0. The van der Waals surface area contributed by atoms with E-state index in [0.717, 1.165) is 29.7 Å². The number of carbonyl (C=O) groups excluding carboxylic acids is 2. The second-order valence-corrected chi connectivity index (χ2v) is 10.1. The van der Waals surface area contributed by atoms with E-state index >= 15 is 0 Å². The van der Waals surface area contributed by atoms with Gasteiger partial charge in [0.05, 0.1) is 10.5 Å². The molecule has 0 spiro atoms. The number of anilines is 1. The number of rotatable bonds is 4. The molecule has 1 aliphatic rings. The molecular weight excluding hydrogens is 436 g/mol. The number of amides is 2. The van der Waals surface area contributed by atoms with Crippen LogP contribution in [0.4, 0.5) is 10.7 Å². The van der Waals surface area contributed by atoms with Gasteiger partial charge < -0.3 is 11.1 Å². The number of nitro benzene ring substituents is 1. The molecule has 2 amide bonds. The van der Waals surface area contributed by atoms with Crippen LogP contribution in [0.15, 0.2) is 24.3 Å². The van der Waals surface area contributed by atoms with Crippen LogP contribution in [0.25, 0.3) is 0 Å². The number of benzene rings is 1. The summed E-state index contributed by atoms with van der Waals surface area (Å²) in [6.07, 6.45) is 2.57. The summed E-state index contributed by atoms with van der Waals surface area (Å²) in [6, 6.07) is 5.60. The fourth-order valence-corrected chi connectivity index (χ4v) is 5.40. The number of hydrogen-bond donors (Lipinski definition) is 3. The second-order valence-electron chi connectivity index (χ2n) is 8.56. The minimum Gasteiger partial charge on any atom is -0.365 e. The minimum atomic E-state index is -0.709. The number of nitrogens with zero attached hydrogens (tertiary/aromatic N) is 1. The van der Waals surface area contributed by atoms with E-state index in [4.69, 9.17) is 18.0 Å². The Morgan fingerprint density at radius 3 is 2.58 bits per heavy atom. The number of primary amides is 1. The van der Waals surface area contributed by atoms with Gasteiger partial charge in [-0.2, -0.15) is 0 Å². The third-order valence-corrected chi connectivity index (χ3v) is 6.91. The molecule has 10 heteroatoms. The minimum absolute atomic E-state index is 0.0587. The Bertz CT molecular complexity index is 1070. The van der Waals surface area contributed by atoms with Crippen LogP contribution in [0.2, 0.25) is 0 Å². The molecule has 1 unspecified atom stereocenters. The summed E-state index contributed by atoms with van der Waals surface area (Å²) in [7, 11) is 0. The van der Waals surface area contributed by atoms with Crippen molar-refractivity contribution in [1.29, 1.82) is 0 Å². The normalized spacial score (nSPS) is 15.6. The van der Waals surface area contributed by atoms with Crippen LogP contribution in [0.5, 0.6) is 0 Å². The molecule has 4 N–H and O–H groups in total. The summed E-state index contributed by atoms with van der Waals surface area (Å²) >= 11 is 6.64. The van der Waals surface area contributed by atoms with Gasteiger partial charge >= 0.3 is 0 Å². The van der Waals surface area contributed by atoms with Gasteiger partial charge in [-0.25, -0.2) is 0 Å². The zero-order chi connectivity index (χ0) is 22.9. The monoisotopic (exact) mass is 460 g/mol. The van der Waals surface area contributed by atoms with Crippen LogP contribution in [0.3, 0.4) is 0 Å². The fraction of sp³-hybridized carbons (Fsp3) is 0.381. The molecule has 0 radical (unpaired) electrons. The molecule has 0 aliphatic heterocycles. The molecule has 31 heavy (non-hydrogen) atoms. The van der Waals surface area contributed by atoms with Crippen molar-refractivity contribution in [2.24, 2.45) is 17.1 Å². The lowest BCUT2D eigenvalue weighted by molar-refractivity contribution is -0.385. The van der Waals surface area contributed by atoms with Crippen LogP contribution < -0.4 is 16.4 Å². The largest absolute Gasteiger partial charge is 0.365 e. The molecule has 8 nitrogen and oxygen atoms in total. The SMILES string of the molecule is CC(C)(C)C1CCc2c(sc(NC(=S)NC(=O)c3ccccc3[N+](=O)[O-])c2C(N)=O)C1. The van der Waals surface area contributed by atoms with Crippen molar-refractivity contribution in [2.75, 3.05) is 5.32 Å². The highest BCUT2D eigenvalue weighted by atomic mass is 32.1. The van der Waals surface area contributed by atoms with Gasteiger partial charge in [-0.3, -0.25) is 25.0 Å². The topological polar surface area (TPSA) is 127 Å². The highest BCUT2D eigenvalue weighted by molar-refractivity contribution is 7.80. The van der Waals surface area contributed by atoms with E-state index in [1.807, 2.05) is 0 Å². The number of nitro groups is 1. The first-order chi connectivity index (χ1) is 14.5. The van der Waals surface area contributed by atoms with Crippen molar-refractivity contribution in [3.63, 3.8) is 0 Å². The van der Waals surface area contributed by atoms with Crippen LogP contribution in [-0.4, -0.2) is 21.9 Å². The molecule has 0 saturated heterocycles. The molecule has 1 aromatic heterocycles. The summed E-state index contributed by atoms with van der Waals surface area (Å²) in [6.45, 7) is 6.62. The Hall–Kier alpha value is -2.85. The van der Waals surface area contributed by atoms with Gasteiger partial charge in [0.2, 0.25) is 0 Å². The van der Waals surface area contributed by atoms with Crippen molar-refractivity contribution in [1.82, 2.24) is 5.32 Å². The van der Waals surface area contributed by atoms with E-state index in [1.54, 1.807) is 0 Å². The van der Waals surface area contributed by atoms with E-state index in [0.29, 0.717) is 16.5 Å². The number of para-hydroxylation sites is 1. The second kappa shape index (κ2) is 8.72. The van der Waals surface area contributed by atoms with Gasteiger partial charge in [-0.1, -0.05) is 32.9 Å². The van der Waals surface area contributed by atoms with Crippen molar-refractivity contribution in [3.8, 4) is 0 Å². The number of nitrogens with one attached hydrogen (secondary N) is 2. The Morgan fingerprint density at radius 1 is 1.29 bits per heavy atom. The van der Waals surface area contributed by atoms with Crippen molar-refractivity contribution in [3.05, 3.63) is 55.9 Å². The lowest BCUT2D eigenvalue weighted by Gasteiger charge is -2.33. The molecule has 0 fully saturated rings. The maximum atomic E-state index is 12.5. The van der Waals surface area contributed by atoms with Gasteiger partial charge in [0.1, 0.15) is 10.6 Å². The van der Waals surface area contributed by atoms with Crippen molar-refractivity contribution >= 4 is 51.2 Å². The first kappa shape index (κ1) is 22.8. The van der Waals surface area contributed by atoms with Gasteiger partial charge in [0.15, 0.2) is 5.11 Å². The van der Waals surface area contributed by atoms with Gasteiger partial charge in [0.25, 0.3) is 17.5 Å². The summed E-state index contributed by atoms with van der Waals surface area (Å²) in [5.41, 5.74) is 6.71. The average Bonchev–Trinajstić information content (AvgIpc) is 3.04. The summed E-state index contributed by atoms with van der Waals surface area (Å²) in [5.74, 6) is -0.779. The Morgan fingerprint density at radius 2 is 1.97 bits per heavy atom. The smallest absolute Gasteiger partial charge is 0.282 e. The van der Waals surface area contributed by atoms with Crippen LogP contribution in [-0.2, 0) is 12.8 Å². The summed E-state index contributed by atoms with van der Waals surface area (Å²) in [5, 5.41) is 16.9. The van der Waals surface area contributed by atoms with Gasteiger partial charge in [0, 0.05) is 10.9 Å². The first-order valence-electron chi connectivity index (χ1n) is 9.79. The van der Waals surface area contributed by atoms with E-state index in [2.05, 4.69) is 31.4 Å². The van der Waals surface area contributed by atoms with Crippen molar-refractivity contribution < 1.29 is 14.5 Å². The molecule has 1 heterocycles. The molecule has 2 aromatic rings. The molecule has 0 saturated carbocycles. The maximum absolute atomic E-state index is 12.5. The zero-order valence-corrected chi connectivity index (χ0v) is 19.1. The lowest BCUT2D eigenvalue weighted by atomic mass is 9.72. The third kappa shape index (κ3) is 4.91. The predicted octanol–water partition coefficient (Wildman–Crippen LogP) is 4.03. The zero-order valence-electron chi connectivity index (χ0n) is 17.5. The van der Waals surface area contributed by atoms with Crippen LogP contribution in [0.1, 0.15) is 58.3 Å². The molecule has 1 aromatic carbocycles. The number of thiophene rings is 1. The average molecular weight is 461 g/mol. The lowest BCUT2D eigenvalue weighted by Crippen LogP contribution is -2.34. The fourth-order valence-electron chi connectivity index (χ4n) is 3.80. The molecular formula is C21H24N4O4S2. The summed E-state index contributed by atoms with van der Waals surface area (Å²) < 4.78 is 0. The van der Waals surface area contributed by atoms with E-state index in [9.17, 15) is 19.7 Å². The number of hydrogen-bond acceptors (Lipinski definition) is 6. The highest BCUT2D eigenvalue weighted by Crippen LogP contribution is 2.44. The van der Waals surface area contributed by atoms with Crippen LogP contribution >= 0.6 is 23.6 Å². The maximum Gasteiger partial charge on any atom is 0.282 e. The van der Waals surface area contributed by atoms with Gasteiger partial charge in [-0.15, -0.1) is 11.3 Å². The predicted molar refractivity (Wildman–Crippen MR) is 125 cm³/mol. The number of nitrogens with two attached hydrogens (primary N) is 1. The molecule has 1 atom stereocenters. The van der Waals surface area contributed by atoms with Crippen LogP contribution in [0, 0.1) is 21.4 Å². The molecule has 3 rings (SSSR count). The third-order valence-electron chi connectivity index (χ3n) is 5.54. The van der Waals surface area contributed by atoms with E-state index in [1.165, 1.54) is 35.6 Å². The quantitative estimate of drug-likeness (QED) is 0.359. The van der Waals surface area contributed by atoms with Crippen molar-refractivity contribution in [2.45, 2.75) is 40.0 Å². The molecule has 0 bridgehead atoms. The highest BCUT2D eigenvalue weighted by Gasteiger charge is 2.33. The molecule has 1 aliphatic carbocycles. The number of thiocarbonyl (C=S) groups is 1.